The largest absolute Gasteiger partial charge is 0.331 e. The fourth-order valence-electron chi connectivity index (χ4n) is 0.658. The minimum Gasteiger partial charge on any atom is -0.268 e. The van der Waals surface area contributed by atoms with Crippen molar-refractivity contribution < 1.29 is 8.78 Å². The van der Waals surface area contributed by atoms with Crippen LogP contribution in [0.3, 0.4) is 0 Å². The minimum absolute atomic E-state index is 0.430. The fourth-order valence-corrected chi connectivity index (χ4v) is 0.658. The zero-order valence-corrected chi connectivity index (χ0v) is 5.29. The Hall–Kier alpha value is -1.13. The summed E-state index contributed by atoms with van der Waals surface area (Å²) in [4.78, 5) is 10.6. The molecule has 1 heterocycles. The number of alkyl halides is 2. The predicted molar refractivity (Wildman–Crippen MR) is 30.9 cm³/mol. The lowest BCUT2D eigenvalue weighted by Gasteiger charge is -2.03. The van der Waals surface area contributed by atoms with E-state index in [2.05, 4.69) is 0 Å². The lowest BCUT2D eigenvalue weighted by atomic mass is 10.7. The van der Waals surface area contributed by atoms with Gasteiger partial charge in [-0.2, -0.15) is 8.78 Å². The van der Waals surface area contributed by atoms with Crippen molar-refractivity contribution in [1.29, 1.82) is 0 Å². The van der Waals surface area contributed by atoms with Gasteiger partial charge in [-0.1, -0.05) is 0 Å². The van der Waals surface area contributed by atoms with E-state index in [1.807, 2.05) is 0 Å². The van der Waals surface area contributed by atoms with Crippen molar-refractivity contribution in [1.82, 2.24) is 9.36 Å². The Labute approximate surface area is 55.5 Å². The van der Waals surface area contributed by atoms with Gasteiger partial charge >= 0.3 is 6.55 Å². The highest BCUT2D eigenvalue weighted by atomic mass is 19.3. The van der Waals surface area contributed by atoms with Gasteiger partial charge in [0, 0.05) is 19.3 Å². The highest BCUT2D eigenvalue weighted by Gasteiger charge is 2.06. The average Bonchev–Trinajstić information content (AvgIpc) is 2.14. The molecule has 0 aromatic carbocycles. The van der Waals surface area contributed by atoms with Crippen LogP contribution >= 0.6 is 0 Å². The molecule has 0 unspecified atom stereocenters. The van der Waals surface area contributed by atoms with E-state index in [0.717, 1.165) is 16.9 Å². The Bertz CT molecular complexity index is 275. The quantitative estimate of drug-likeness (QED) is 0.572. The van der Waals surface area contributed by atoms with Gasteiger partial charge in [0.2, 0.25) is 0 Å². The lowest BCUT2D eigenvalue weighted by molar-refractivity contribution is 0.0443. The summed E-state index contributed by atoms with van der Waals surface area (Å²) in [5, 5.41) is 0. The van der Waals surface area contributed by atoms with Gasteiger partial charge in [0.1, 0.15) is 0 Å². The minimum atomic E-state index is -2.65. The van der Waals surface area contributed by atoms with Gasteiger partial charge in [-0.25, -0.2) is 9.36 Å². The Morgan fingerprint density at radius 3 is 2.40 bits per heavy atom. The number of hydrogen-bond acceptors (Lipinski definition) is 1. The van der Waals surface area contributed by atoms with Gasteiger partial charge < -0.3 is 0 Å². The number of rotatable bonds is 1. The number of hydrogen-bond donors (Lipinski definition) is 0. The molecule has 0 atom stereocenters. The van der Waals surface area contributed by atoms with Gasteiger partial charge in [-0.05, 0) is 0 Å². The summed E-state index contributed by atoms with van der Waals surface area (Å²) in [5.41, 5.74) is -0.430. The van der Waals surface area contributed by atoms with Crippen LogP contribution in [0, 0.1) is 0 Å². The van der Waals surface area contributed by atoms with Gasteiger partial charge in [-0.3, -0.25) is 4.79 Å². The molecular weight excluding hydrogens is 142 g/mol. The Morgan fingerprint density at radius 1 is 1.60 bits per heavy atom. The van der Waals surface area contributed by atoms with Crippen molar-refractivity contribution in [3.8, 4) is 0 Å². The van der Waals surface area contributed by atoms with Crippen LogP contribution in [-0.2, 0) is 7.05 Å². The molecule has 0 amide bonds. The molecule has 0 bridgehead atoms. The van der Waals surface area contributed by atoms with Crippen molar-refractivity contribution in [3.05, 3.63) is 22.6 Å². The monoisotopic (exact) mass is 148 g/mol. The van der Waals surface area contributed by atoms with E-state index in [1.165, 1.54) is 7.05 Å². The van der Waals surface area contributed by atoms with E-state index in [1.54, 1.807) is 0 Å². The first kappa shape index (κ1) is 6.98. The van der Waals surface area contributed by atoms with Crippen molar-refractivity contribution in [2.24, 2.45) is 7.05 Å². The molecular formula is C5H6F2N2O. The second-order valence-corrected chi connectivity index (χ2v) is 1.84. The molecule has 3 nitrogen and oxygen atoms in total. The molecule has 10 heavy (non-hydrogen) atoms. The molecule has 1 rings (SSSR count). The second-order valence-electron chi connectivity index (χ2n) is 1.84. The van der Waals surface area contributed by atoms with Crippen LogP contribution in [0.15, 0.2) is 17.1 Å². The SMILES string of the molecule is Cn1c(=O)ccn1C(F)F. The summed E-state index contributed by atoms with van der Waals surface area (Å²) in [7, 11) is 1.29. The maximum Gasteiger partial charge on any atom is 0.331 e. The number of aromatic nitrogens is 2. The third kappa shape index (κ3) is 0.940. The van der Waals surface area contributed by atoms with Crippen molar-refractivity contribution in [2.45, 2.75) is 6.55 Å². The Kier molecular flexibility index (Phi) is 1.57. The molecule has 0 aliphatic rings. The molecule has 0 fully saturated rings. The molecule has 1 aromatic heterocycles. The number of halogens is 2. The molecule has 56 valence electrons. The maximum absolute atomic E-state index is 11.8. The van der Waals surface area contributed by atoms with Crippen molar-refractivity contribution in [2.75, 3.05) is 0 Å². The van der Waals surface area contributed by atoms with Crippen LogP contribution in [0.5, 0.6) is 0 Å². The van der Waals surface area contributed by atoms with Crippen LogP contribution in [0.4, 0.5) is 8.78 Å². The van der Waals surface area contributed by atoms with Crippen LogP contribution < -0.4 is 5.56 Å². The lowest BCUT2D eigenvalue weighted by Crippen LogP contribution is -2.18. The molecule has 0 aliphatic carbocycles. The van der Waals surface area contributed by atoms with Crippen molar-refractivity contribution in [3.63, 3.8) is 0 Å². The Balaban J connectivity index is 3.18. The molecule has 0 saturated heterocycles. The molecule has 0 N–H and O–H groups in total. The summed E-state index contributed by atoms with van der Waals surface area (Å²) in [6.07, 6.45) is 1.05. The first-order chi connectivity index (χ1) is 4.63. The molecule has 1 aromatic rings. The third-order valence-corrected chi connectivity index (χ3v) is 1.24. The highest BCUT2D eigenvalue weighted by Crippen LogP contribution is 2.05. The number of nitrogens with zero attached hydrogens (tertiary/aromatic N) is 2. The van der Waals surface area contributed by atoms with Gasteiger partial charge in [-0.15, -0.1) is 0 Å². The first-order valence-corrected chi connectivity index (χ1v) is 2.65. The summed E-state index contributed by atoms with van der Waals surface area (Å²) in [5.74, 6) is 0. The van der Waals surface area contributed by atoms with Crippen LogP contribution in [0.2, 0.25) is 0 Å². The highest BCUT2D eigenvalue weighted by molar-refractivity contribution is 4.82. The summed E-state index contributed by atoms with van der Waals surface area (Å²) < 4.78 is 25.1. The fraction of sp³-hybridized carbons (Fsp3) is 0.400. The smallest absolute Gasteiger partial charge is 0.268 e. The summed E-state index contributed by atoms with van der Waals surface area (Å²) >= 11 is 0. The van der Waals surface area contributed by atoms with E-state index in [-0.39, 0.29) is 0 Å². The molecule has 0 saturated carbocycles. The molecule has 0 spiro atoms. The zero-order valence-electron chi connectivity index (χ0n) is 5.29. The van der Waals surface area contributed by atoms with Gasteiger partial charge in [0.25, 0.3) is 5.56 Å². The second kappa shape index (κ2) is 2.24. The van der Waals surface area contributed by atoms with E-state index >= 15 is 0 Å². The van der Waals surface area contributed by atoms with Gasteiger partial charge in [0.15, 0.2) is 0 Å². The van der Waals surface area contributed by atoms with Crippen LogP contribution in [0.1, 0.15) is 6.55 Å². The predicted octanol–water partition coefficient (Wildman–Crippen LogP) is 0.582. The van der Waals surface area contributed by atoms with E-state index in [4.69, 9.17) is 0 Å². The molecule has 5 heteroatoms. The first-order valence-electron chi connectivity index (χ1n) is 2.65. The normalized spacial score (nSPS) is 10.8. The van der Waals surface area contributed by atoms with Crippen molar-refractivity contribution >= 4 is 0 Å². The summed E-state index contributed by atoms with van der Waals surface area (Å²) in [6, 6.07) is 1.09. The van der Waals surface area contributed by atoms with E-state index in [9.17, 15) is 13.6 Å². The van der Waals surface area contributed by atoms with E-state index in [0.29, 0.717) is 4.68 Å². The maximum atomic E-state index is 11.8. The molecule has 0 aliphatic heterocycles. The average molecular weight is 148 g/mol. The topological polar surface area (TPSA) is 26.9 Å². The third-order valence-electron chi connectivity index (χ3n) is 1.24. The zero-order chi connectivity index (χ0) is 7.72. The summed E-state index contributed by atoms with van der Waals surface area (Å²) in [6.45, 7) is -2.65. The Morgan fingerprint density at radius 2 is 2.20 bits per heavy atom. The van der Waals surface area contributed by atoms with Crippen LogP contribution in [-0.4, -0.2) is 9.36 Å². The molecule has 0 radical (unpaired) electrons. The van der Waals surface area contributed by atoms with E-state index < -0.39 is 12.1 Å². The van der Waals surface area contributed by atoms with Crippen LogP contribution in [0.25, 0.3) is 0 Å². The standard InChI is InChI=1S/C5H6F2N2O/c1-8-4(10)2-3-9(8)5(6)7/h2-3,5H,1H3. The van der Waals surface area contributed by atoms with Gasteiger partial charge in [0.05, 0.1) is 0 Å².